The van der Waals surface area contributed by atoms with Gasteiger partial charge in [-0.05, 0) is 35.8 Å². The lowest BCUT2D eigenvalue weighted by Crippen LogP contribution is -1.84. The van der Waals surface area contributed by atoms with Crippen LogP contribution in [0.1, 0.15) is 0 Å². The molecule has 0 atom stereocenters. The molecule has 7 heteroatoms. The Morgan fingerprint density at radius 3 is 2.29 bits per heavy atom. The third kappa shape index (κ3) is 3.96. The molecule has 6 nitrogen and oxygen atoms in total. The standard InChI is InChI=1S/C9H8N2O.C8H7N3S/c10-8-3-1-2-7(6-8)9-4-5-12-11-9;9-7-3-1-6(2-4-7)8-5-12-11-10-8/h1-6H,10H2;1-5H,9H2. The molecule has 0 spiro atoms. The van der Waals surface area contributed by atoms with Crippen molar-refractivity contribution in [2.24, 2.45) is 0 Å². The molecule has 120 valence electrons. The third-order valence-electron chi connectivity index (χ3n) is 3.19. The fraction of sp³-hybridized carbons (Fsp3) is 0. The van der Waals surface area contributed by atoms with Crippen LogP contribution in [0.25, 0.3) is 22.5 Å². The number of hydrogen-bond acceptors (Lipinski definition) is 7. The molecule has 2 aromatic heterocycles. The first-order valence-electron chi connectivity index (χ1n) is 7.11. The van der Waals surface area contributed by atoms with Crippen molar-refractivity contribution in [1.82, 2.24) is 14.7 Å². The smallest absolute Gasteiger partial charge is 0.124 e. The highest BCUT2D eigenvalue weighted by atomic mass is 32.1. The van der Waals surface area contributed by atoms with E-state index in [1.807, 2.05) is 53.9 Å². The molecule has 0 unspecified atom stereocenters. The first kappa shape index (κ1) is 15.7. The van der Waals surface area contributed by atoms with E-state index in [9.17, 15) is 0 Å². The maximum Gasteiger partial charge on any atom is 0.124 e. The van der Waals surface area contributed by atoms with Gasteiger partial charge in [-0.1, -0.05) is 33.9 Å². The van der Waals surface area contributed by atoms with Crippen molar-refractivity contribution in [3.8, 4) is 22.5 Å². The summed E-state index contributed by atoms with van der Waals surface area (Å²) in [5.41, 5.74) is 16.4. The van der Waals surface area contributed by atoms with Crippen LogP contribution in [-0.4, -0.2) is 14.7 Å². The average molecular weight is 337 g/mol. The summed E-state index contributed by atoms with van der Waals surface area (Å²) < 4.78 is 8.50. The number of anilines is 2. The highest BCUT2D eigenvalue weighted by Crippen LogP contribution is 2.19. The summed E-state index contributed by atoms with van der Waals surface area (Å²) in [7, 11) is 0. The fourth-order valence-corrected chi connectivity index (χ4v) is 2.47. The van der Waals surface area contributed by atoms with Crippen LogP contribution >= 0.6 is 11.5 Å². The van der Waals surface area contributed by atoms with Crippen LogP contribution in [0.4, 0.5) is 11.4 Å². The predicted molar refractivity (Wildman–Crippen MR) is 96.1 cm³/mol. The summed E-state index contributed by atoms with van der Waals surface area (Å²) in [4.78, 5) is 0. The molecule has 0 amide bonds. The van der Waals surface area contributed by atoms with Gasteiger partial charge < -0.3 is 16.0 Å². The van der Waals surface area contributed by atoms with Gasteiger partial charge in [0.25, 0.3) is 0 Å². The van der Waals surface area contributed by atoms with Crippen molar-refractivity contribution < 1.29 is 4.52 Å². The van der Waals surface area contributed by atoms with Crippen LogP contribution in [-0.2, 0) is 0 Å². The molecule has 4 rings (SSSR count). The fourth-order valence-electron chi connectivity index (χ4n) is 2.00. The van der Waals surface area contributed by atoms with Crippen LogP contribution in [0, 0.1) is 0 Å². The second-order valence-electron chi connectivity index (χ2n) is 4.92. The van der Waals surface area contributed by atoms with E-state index in [4.69, 9.17) is 16.0 Å². The molecule has 0 aliphatic rings. The highest BCUT2D eigenvalue weighted by molar-refractivity contribution is 7.03. The molecular weight excluding hydrogens is 322 g/mol. The maximum absolute atomic E-state index is 5.61. The summed E-state index contributed by atoms with van der Waals surface area (Å²) in [6.07, 6.45) is 1.54. The van der Waals surface area contributed by atoms with Gasteiger partial charge in [-0.25, -0.2) is 0 Å². The predicted octanol–water partition coefficient (Wildman–Crippen LogP) is 3.71. The topological polar surface area (TPSA) is 104 Å². The van der Waals surface area contributed by atoms with Gasteiger partial charge in [0.1, 0.15) is 17.7 Å². The van der Waals surface area contributed by atoms with Crippen LogP contribution in [0.15, 0.2) is 70.8 Å². The van der Waals surface area contributed by atoms with Crippen molar-refractivity contribution in [2.45, 2.75) is 0 Å². The molecule has 2 aromatic carbocycles. The molecule has 2 heterocycles. The van der Waals surface area contributed by atoms with Crippen LogP contribution in [0.5, 0.6) is 0 Å². The molecule has 24 heavy (non-hydrogen) atoms. The Kier molecular flexibility index (Phi) is 4.83. The van der Waals surface area contributed by atoms with Crippen LogP contribution in [0.3, 0.4) is 0 Å². The monoisotopic (exact) mass is 337 g/mol. The molecule has 0 bridgehead atoms. The lowest BCUT2D eigenvalue weighted by Gasteiger charge is -1.95. The van der Waals surface area contributed by atoms with Crippen molar-refractivity contribution in [2.75, 3.05) is 11.5 Å². The van der Waals surface area contributed by atoms with Crippen molar-refractivity contribution in [3.63, 3.8) is 0 Å². The van der Waals surface area contributed by atoms with Crippen molar-refractivity contribution in [1.29, 1.82) is 0 Å². The van der Waals surface area contributed by atoms with E-state index in [1.165, 1.54) is 11.5 Å². The third-order valence-corrected chi connectivity index (χ3v) is 3.69. The van der Waals surface area contributed by atoms with E-state index in [0.717, 1.165) is 33.9 Å². The van der Waals surface area contributed by atoms with Crippen LogP contribution in [0.2, 0.25) is 0 Å². The van der Waals surface area contributed by atoms with Gasteiger partial charge in [-0.3, -0.25) is 0 Å². The van der Waals surface area contributed by atoms with Crippen molar-refractivity contribution >= 4 is 22.9 Å². The molecule has 4 N–H and O–H groups in total. The van der Waals surface area contributed by atoms with Gasteiger partial charge in [-0.2, -0.15) is 0 Å². The van der Waals surface area contributed by atoms with Crippen molar-refractivity contribution in [3.05, 3.63) is 66.2 Å². The molecule has 0 aliphatic carbocycles. The summed E-state index contributed by atoms with van der Waals surface area (Å²) >= 11 is 1.35. The summed E-state index contributed by atoms with van der Waals surface area (Å²) in [6.45, 7) is 0. The van der Waals surface area contributed by atoms with Gasteiger partial charge >= 0.3 is 0 Å². The Bertz CT molecular complexity index is 874. The number of aromatic nitrogens is 3. The second-order valence-corrected chi connectivity index (χ2v) is 5.53. The minimum Gasteiger partial charge on any atom is -0.399 e. The van der Waals surface area contributed by atoms with Gasteiger partial charge in [0.05, 0.1) is 0 Å². The molecule has 0 aliphatic heterocycles. The largest absolute Gasteiger partial charge is 0.399 e. The minimum absolute atomic E-state index is 0.732. The molecule has 0 radical (unpaired) electrons. The molecule has 4 aromatic rings. The second kappa shape index (κ2) is 7.38. The Morgan fingerprint density at radius 2 is 1.67 bits per heavy atom. The highest BCUT2D eigenvalue weighted by Gasteiger charge is 2.00. The Morgan fingerprint density at radius 1 is 0.833 bits per heavy atom. The normalized spacial score (nSPS) is 10.0. The van der Waals surface area contributed by atoms with Crippen LogP contribution < -0.4 is 11.5 Å². The number of nitrogens with zero attached hydrogens (tertiary/aromatic N) is 3. The Hall–Kier alpha value is -3.19. The van der Waals surface area contributed by atoms with Gasteiger partial charge in [-0.15, -0.1) is 5.10 Å². The van der Waals surface area contributed by atoms with E-state index >= 15 is 0 Å². The lowest BCUT2D eigenvalue weighted by atomic mass is 10.1. The maximum atomic E-state index is 5.61. The average Bonchev–Trinajstić information content (AvgIpc) is 3.30. The van der Waals surface area contributed by atoms with Gasteiger partial charge in [0.2, 0.25) is 0 Å². The van der Waals surface area contributed by atoms with E-state index in [-0.39, 0.29) is 0 Å². The first-order chi connectivity index (χ1) is 11.7. The van der Waals surface area contributed by atoms with Gasteiger partial charge in [0, 0.05) is 33.9 Å². The summed E-state index contributed by atoms with van der Waals surface area (Å²) in [6, 6.07) is 16.9. The molecular formula is C17H15N5OS. The number of rotatable bonds is 2. The number of nitrogen functional groups attached to an aromatic ring is 2. The first-order valence-corrected chi connectivity index (χ1v) is 7.95. The van der Waals surface area contributed by atoms with E-state index in [2.05, 4.69) is 14.7 Å². The Balaban J connectivity index is 0.000000141. The zero-order valence-electron chi connectivity index (χ0n) is 12.7. The SMILES string of the molecule is Nc1ccc(-c2csnn2)cc1.Nc1cccc(-c2ccon2)c1. The zero-order chi connectivity index (χ0) is 16.8. The number of hydrogen-bond donors (Lipinski definition) is 2. The summed E-state index contributed by atoms with van der Waals surface area (Å²) in [5, 5.41) is 9.65. The molecule has 0 saturated heterocycles. The summed E-state index contributed by atoms with van der Waals surface area (Å²) in [5.74, 6) is 0. The lowest BCUT2D eigenvalue weighted by molar-refractivity contribution is 0.422. The van der Waals surface area contributed by atoms with Gasteiger partial charge in [0.15, 0.2) is 0 Å². The van der Waals surface area contributed by atoms with E-state index in [0.29, 0.717) is 0 Å². The zero-order valence-corrected chi connectivity index (χ0v) is 13.5. The number of nitrogens with two attached hydrogens (primary N) is 2. The Labute approximate surface area is 142 Å². The number of benzene rings is 2. The van der Waals surface area contributed by atoms with E-state index < -0.39 is 0 Å². The quantitative estimate of drug-likeness (QED) is 0.540. The molecule has 0 saturated carbocycles. The molecule has 0 fully saturated rings. The minimum atomic E-state index is 0.732. The van der Waals surface area contributed by atoms with E-state index in [1.54, 1.807) is 12.3 Å².